The van der Waals surface area contributed by atoms with Crippen molar-refractivity contribution in [3.8, 4) is 0 Å². The van der Waals surface area contributed by atoms with E-state index in [-0.39, 0.29) is 0 Å². The number of hydrogen-bond donors (Lipinski definition) is 1. The summed E-state index contributed by atoms with van der Waals surface area (Å²) in [5.41, 5.74) is 1.08. The van der Waals surface area contributed by atoms with Crippen LogP contribution in [0.1, 0.15) is 19.4 Å². The van der Waals surface area contributed by atoms with E-state index in [1.165, 1.54) is 0 Å². The summed E-state index contributed by atoms with van der Waals surface area (Å²) < 4.78 is 0. The first-order valence-electron chi connectivity index (χ1n) is 10.8. The molecule has 9 heteroatoms. The van der Waals surface area contributed by atoms with Gasteiger partial charge in [-0.15, -0.1) is 0 Å². The summed E-state index contributed by atoms with van der Waals surface area (Å²) in [4.78, 5) is 29.5. The molecule has 0 amide bonds. The van der Waals surface area contributed by atoms with E-state index < -0.39 is 0 Å². The molecule has 3 aromatic heterocycles. The predicted molar refractivity (Wildman–Crippen MR) is 124 cm³/mol. The molecule has 0 atom stereocenters. The van der Waals surface area contributed by atoms with Crippen LogP contribution >= 0.6 is 0 Å². The summed E-state index contributed by atoms with van der Waals surface area (Å²) in [6, 6.07) is 9.98. The lowest BCUT2D eigenvalue weighted by molar-refractivity contribution is 0.632. The van der Waals surface area contributed by atoms with E-state index in [9.17, 15) is 0 Å². The van der Waals surface area contributed by atoms with Crippen molar-refractivity contribution < 1.29 is 0 Å². The van der Waals surface area contributed by atoms with Gasteiger partial charge in [-0.2, -0.15) is 15.0 Å². The van der Waals surface area contributed by atoms with Gasteiger partial charge in [0.15, 0.2) is 0 Å². The number of rotatable bonds is 8. The molecule has 0 unspecified atom stereocenters. The van der Waals surface area contributed by atoms with Crippen LogP contribution in [0.2, 0.25) is 0 Å². The molecule has 1 fully saturated rings. The second-order valence-electron chi connectivity index (χ2n) is 7.31. The first kappa shape index (κ1) is 20.8. The minimum atomic E-state index is 0.586. The maximum Gasteiger partial charge on any atom is 0.232 e. The molecule has 31 heavy (non-hydrogen) atoms. The molecule has 0 saturated carbocycles. The Balaban J connectivity index is 1.51. The normalized spacial score (nSPS) is 13.9. The first-order valence-corrected chi connectivity index (χ1v) is 10.8. The Morgan fingerprint density at radius 3 is 2.39 bits per heavy atom. The molecular weight excluding hydrogens is 390 g/mol. The van der Waals surface area contributed by atoms with Crippen molar-refractivity contribution in [3.63, 3.8) is 0 Å². The summed E-state index contributed by atoms with van der Waals surface area (Å²) in [6.45, 7) is 9.94. The van der Waals surface area contributed by atoms with E-state index in [4.69, 9.17) is 9.97 Å². The van der Waals surface area contributed by atoms with E-state index in [2.05, 4.69) is 54.9 Å². The number of hydrogen-bond acceptors (Lipinski definition) is 9. The average molecular weight is 420 g/mol. The van der Waals surface area contributed by atoms with Crippen molar-refractivity contribution in [1.29, 1.82) is 0 Å². The van der Waals surface area contributed by atoms with Crippen molar-refractivity contribution >= 4 is 23.7 Å². The molecule has 0 spiro atoms. The third kappa shape index (κ3) is 5.17. The number of pyridine rings is 2. The number of piperazine rings is 1. The average Bonchev–Trinajstić information content (AvgIpc) is 2.85. The Morgan fingerprint density at radius 2 is 1.71 bits per heavy atom. The van der Waals surface area contributed by atoms with E-state index in [0.29, 0.717) is 24.4 Å². The summed E-state index contributed by atoms with van der Waals surface area (Å²) >= 11 is 0. The molecule has 0 aliphatic carbocycles. The van der Waals surface area contributed by atoms with Gasteiger partial charge in [-0.05, 0) is 37.6 Å². The quantitative estimate of drug-likeness (QED) is 0.591. The van der Waals surface area contributed by atoms with Crippen LogP contribution in [0.4, 0.5) is 23.7 Å². The third-order valence-electron chi connectivity index (χ3n) is 5.37. The molecule has 4 rings (SSSR count). The number of nitrogens with zero attached hydrogens (tertiary/aromatic N) is 8. The highest BCUT2D eigenvalue weighted by atomic mass is 15.4. The Morgan fingerprint density at radius 1 is 0.903 bits per heavy atom. The fourth-order valence-electron chi connectivity index (χ4n) is 3.58. The van der Waals surface area contributed by atoms with Crippen LogP contribution in [0.5, 0.6) is 0 Å². The molecule has 4 heterocycles. The molecule has 1 N–H and O–H groups in total. The van der Waals surface area contributed by atoms with Crippen LogP contribution in [-0.4, -0.2) is 64.2 Å². The highest BCUT2D eigenvalue weighted by Crippen LogP contribution is 2.20. The van der Waals surface area contributed by atoms with Gasteiger partial charge in [0.25, 0.3) is 0 Å². The first-order chi connectivity index (χ1) is 15.3. The SMILES string of the molecule is CCN(CC)c1nc(NCc2cccnc2)nc(N2CCN(c3ccccn3)CC2)n1. The number of nitrogens with one attached hydrogen (secondary N) is 1. The minimum Gasteiger partial charge on any atom is -0.353 e. The van der Waals surface area contributed by atoms with E-state index in [0.717, 1.165) is 50.6 Å². The Hall–Kier alpha value is -3.49. The van der Waals surface area contributed by atoms with Gasteiger partial charge in [-0.1, -0.05) is 12.1 Å². The lowest BCUT2D eigenvalue weighted by Gasteiger charge is -2.35. The van der Waals surface area contributed by atoms with Gasteiger partial charge in [0.05, 0.1) is 0 Å². The van der Waals surface area contributed by atoms with Crippen molar-refractivity contribution in [2.75, 3.05) is 59.3 Å². The molecule has 0 bridgehead atoms. The van der Waals surface area contributed by atoms with Gasteiger partial charge >= 0.3 is 0 Å². The highest BCUT2D eigenvalue weighted by Gasteiger charge is 2.22. The van der Waals surface area contributed by atoms with Crippen molar-refractivity contribution in [3.05, 3.63) is 54.5 Å². The standard InChI is InChI=1S/C22H29N9/c1-3-29(4-2)21-26-20(25-17-18-8-7-10-23-16-18)27-22(28-21)31-14-12-30(13-15-31)19-9-5-6-11-24-19/h5-11,16H,3-4,12-15,17H2,1-2H3,(H,25,26,27,28). The van der Waals surface area contributed by atoms with Crippen molar-refractivity contribution in [2.24, 2.45) is 0 Å². The Bertz CT molecular complexity index is 940. The maximum absolute atomic E-state index is 4.80. The topological polar surface area (TPSA) is 86.2 Å². The van der Waals surface area contributed by atoms with Crippen LogP contribution in [0.3, 0.4) is 0 Å². The molecule has 1 aliphatic rings. The molecule has 162 valence electrons. The van der Waals surface area contributed by atoms with Gasteiger partial charge in [0.1, 0.15) is 5.82 Å². The van der Waals surface area contributed by atoms with Crippen LogP contribution in [0.15, 0.2) is 48.9 Å². The largest absolute Gasteiger partial charge is 0.353 e. The maximum atomic E-state index is 4.80. The monoisotopic (exact) mass is 419 g/mol. The zero-order chi connectivity index (χ0) is 21.5. The fourth-order valence-corrected chi connectivity index (χ4v) is 3.58. The lowest BCUT2D eigenvalue weighted by Crippen LogP contribution is -2.47. The summed E-state index contributed by atoms with van der Waals surface area (Å²) in [5.74, 6) is 3.02. The molecule has 0 radical (unpaired) electrons. The van der Waals surface area contributed by atoms with Gasteiger partial charge in [0, 0.05) is 64.4 Å². The Kier molecular flexibility index (Phi) is 6.71. The van der Waals surface area contributed by atoms with Crippen molar-refractivity contribution in [1.82, 2.24) is 24.9 Å². The van der Waals surface area contributed by atoms with E-state index >= 15 is 0 Å². The van der Waals surface area contributed by atoms with Gasteiger partial charge in [0.2, 0.25) is 17.8 Å². The molecule has 1 aliphatic heterocycles. The third-order valence-corrected chi connectivity index (χ3v) is 5.37. The second-order valence-corrected chi connectivity index (χ2v) is 7.31. The summed E-state index contributed by atoms with van der Waals surface area (Å²) in [6.07, 6.45) is 5.45. The van der Waals surface area contributed by atoms with E-state index in [1.54, 1.807) is 6.20 Å². The highest BCUT2D eigenvalue weighted by molar-refractivity contribution is 5.47. The van der Waals surface area contributed by atoms with Gasteiger partial charge in [-0.3, -0.25) is 4.98 Å². The molecular formula is C22H29N9. The molecule has 9 nitrogen and oxygen atoms in total. The van der Waals surface area contributed by atoms with Crippen molar-refractivity contribution in [2.45, 2.75) is 20.4 Å². The predicted octanol–water partition coefficient (Wildman–Crippen LogP) is 2.45. The summed E-state index contributed by atoms with van der Waals surface area (Å²) in [7, 11) is 0. The number of aromatic nitrogens is 5. The minimum absolute atomic E-state index is 0.586. The number of anilines is 4. The fraction of sp³-hybridized carbons (Fsp3) is 0.409. The zero-order valence-corrected chi connectivity index (χ0v) is 18.1. The van der Waals surface area contributed by atoms with Crippen LogP contribution < -0.4 is 20.0 Å². The molecule has 1 saturated heterocycles. The zero-order valence-electron chi connectivity index (χ0n) is 18.1. The smallest absolute Gasteiger partial charge is 0.232 e. The van der Waals surface area contributed by atoms with Crippen LogP contribution in [-0.2, 0) is 6.54 Å². The van der Waals surface area contributed by atoms with Crippen LogP contribution in [0.25, 0.3) is 0 Å². The van der Waals surface area contributed by atoms with Gasteiger partial charge in [-0.25, -0.2) is 4.98 Å². The van der Waals surface area contributed by atoms with Gasteiger partial charge < -0.3 is 20.0 Å². The van der Waals surface area contributed by atoms with E-state index in [1.807, 2.05) is 36.7 Å². The summed E-state index contributed by atoms with van der Waals surface area (Å²) in [5, 5.41) is 3.34. The lowest BCUT2D eigenvalue weighted by atomic mass is 10.3. The van der Waals surface area contributed by atoms with Crippen LogP contribution in [0, 0.1) is 0 Å². The molecule has 0 aromatic carbocycles. The molecule has 3 aromatic rings. The Labute approximate surface area is 183 Å². The second kappa shape index (κ2) is 10.0.